The molecule has 0 spiro atoms. The van der Waals surface area contributed by atoms with Crippen LogP contribution in [0.15, 0.2) is 0 Å². The Bertz CT molecular complexity index is 114. The maximum atomic E-state index is 8.86. The molecule has 2 fully saturated rings. The van der Waals surface area contributed by atoms with Gasteiger partial charge in [0.25, 0.3) is 0 Å². The van der Waals surface area contributed by atoms with E-state index in [0.29, 0.717) is 12.6 Å². The lowest BCUT2D eigenvalue weighted by molar-refractivity contribution is 0.248. The SMILES string of the molecule is OC[C@@H]1C[C@@H]2CCC[C@@H]2N1. The van der Waals surface area contributed by atoms with E-state index in [0.717, 1.165) is 12.0 Å². The average molecular weight is 141 g/mol. The molecular formula is C8H15NO. The molecule has 2 rings (SSSR count). The predicted octanol–water partition coefficient (Wildman–Crippen LogP) is 0.509. The molecule has 1 aliphatic carbocycles. The zero-order valence-corrected chi connectivity index (χ0v) is 6.21. The molecule has 0 bridgehead atoms. The first-order valence-electron chi connectivity index (χ1n) is 4.27. The Labute approximate surface area is 61.6 Å². The van der Waals surface area contributed by atoms with Gasteiger partial charge in [0.05, 0.1) is 6.61 Å². The van der Waals surface area contributed by atoms with E-state index in [9.17, 15) is 0 Å². The Kier molecular flexibility index (Phi) is 1.66. The molecule has 1 saturated carbocycles. The Morgan fingerprint density at radius 1 is 1.40 bits per heavy atom. The van der Waals surface area contributed by atoms with Crippen LogP contribution in [-0.4, -0.2) is 23.8 Å². The molecule has 0 aromatic rings. The summed E-state index contributed by atoms with van der Waals surface area (Å²) in [6.45, 7) is 0.326. The Morgan fingerprint density at radius 3 is 3.00 bits per heavy atom. The van der Waals surface area contributed by atoms with Crippen LogP contribution < -0.4 is 5.32 Å². The number of fused-ring (bicyclic) bond motifs is 1. The van der Waals surface area contributed by atoms with Crippen LogP contribution in [0.2, 0.25) is 0 Å². The number of rotatable bonds is 1. The van der Waals surface area contributed by atoms with Gasteiger partial charge in [-0.15, -0.1) is 0 Å². The summed E-state index contributed by atoms with van der Waals surface area (Å²) in [7, 11) is 0. The minimum atomic E-state index is 0.326. The number of nitrogens with one attached hydrogen (secondary N) is 1. The highest BCUT2D eigenvalue weighted by atomic mass is 16.3. The standard InChI is InChI=1S/C8H15NO/c10-5-7-4-6-2-1-3-8(6)9-7/h6-10H,1-5H2/t6-,7-,8-/m0/s1. The van der Waals surface area contributed by atoms with Crippen molar-refractivity contribution in [2.24, 2.45) is 5.92 Å². The van der Waals surface area contributed by atoms with Crippen molar-refractivity contribution in [1.29, 1.82) is 0 Å². The summed E-state index contributed by atoms with van der Waals surface area (Å²) in [5.41, 5.74) is 0. The van der Waals surface area contributed by atoms with Crippen LogP contribution in [-0.2, 0) is 0 Å². The van der Waals surface area contributed by atoms with E-state index < -0.39 is 0 Å². The molecule has 2 heteroatoms. The summed E-state index contributed by atoms with van der Waals surface area (Å²) in [5.74, 6) is 0.886. The Morgan fingerprint density at radius 2 is 2.30 bits per heavy atom. The first kappa shape index (κ1) is 6.62. The lowest BCUT2D eigenvalue weighted by atomic mass is 10.0. The number of aliphatic hydroxyl groups is 1. The van der Waals surface area contributed by atoms with E-state index in [4.69, 9.17) is 5.11 Å². The second kappa shape index (κ2) is 2.51. The van der Waals surface area contributed by atoms with Gasteiger partial charge < -0.3 is 10.4 Å². The summed E-state index contributed by atoms with van der Waals surface area (Å²) in [6, 6.07) is 1.16. The van der Waals surface area contributed by atoms with E-state index in [1.165, 1.54) is 25.7 Å². The molecule has 0 aromatic carbocycles. The first-order chi connectivity index (χ1) is 4.90. The van der Waals surface area contributed by atoms with Gasteiger partial charge in [-0.1, -0.05) is 6.42 Å². The largest absolute Gasteiger partial charge is 0.395 e. The van der Waals surface area contributed by atoms with Gasteiger partial charge in [-0.2, -0.15) is 0 Å². The van der Waals surface area contributed by atoms with Crippen molar-refractivity contribution in [3.05, 3.63) is 0 Å². The fourth-order valence-electron chi connectivity index (χ4n) is 2.40. The summed E-state index contributed by atoms with van der Waals surface area (Å²) >= 11 is 0. The van der Waals surface area contributed by atoms with Crippen molar-refractivity contribution < 1.29 is 5.11 Å². The van der Waals surface area contributed by atoms with Crippen molar-refractivity contribution in [2.45, 2.75) is 37.8 Å². The lowest BCUT2D eigenvalue weighted by Gasteiger charge is -2.08. The van der Waals surface area contributed by atoms with Gasteiger partial charge in [-0.05, 0) is 25.2 Å². The fourth-order valence-corrected chi connectivity index (χ4v) is 2.40. The van der Waals surface area contributed by atoms with E-state index in [1.807, 2.05) is 0 Å². The Balaban J connectivity index is 1.94. The topological polar surface area (TPSA) is 32.3 Å². The third kappa shape index (κ3) is 0.956. The van der Waals surface area contributed by atoms with Crippen LogP contribution in [0.1, 0.15) is 25.7 Å². The lowest BCUT2D eigenvalue weighted by Crippen LogP contribution is -2.31. The zero-order valence-electron chi connectivity index (χ0n) is 6.21. The van der Waals surface area contributed by atoms with Crippen LogP contribution in [0.25, 0.3) is 0 Å². The summed E-state index contributed by atoms with van der Waals surface area (Å²) in [4.78, 5) is 0. The molecule has 2 N–H and O–H groups in total. The molecule has 0 radical (unpaired) electrons. The summed E-state index contributed by atoms with van der Waals surface area (Å²) in [6.07, 6.45) is 5.32. The minimum Gasteiger partial charge on any atom is -0.395 e. The second-order valence-electron chi connectivity index (χ2n) is 3.58. The van der Waals surface area contributed by atoms with E-state index >= 15 is 0 Å². The number of hydrogen-bond acceptors (Lipinski definition) is 2. The molecule has 58 valence electrons. The van der Waals surface area contributed by atoms with Crippen LogP contribution in [0.5, 0.6) is 0 Å². The van der Waals surface area contributed by atoms with Crippen LogP contribution in [0.3, 0.4) is 0 Å². The summed E-state index contributed by atoms with van der Waals surface area (Å²) < 4.78 is 0. The van der Waals surface area contributed by atoms with Gasteiger partial charge in [0.2, 0.25) is 0 Å². The maximum Gasteiger partial charge on any atom is 0.0584 e. The normalized spacial score (nSPS) is 45.9. The van der Waals surface area contributed by atoms with Crippen molar-refractivity contribution in [3.8, 4) is 0 Å². The molecule has 0 aromatic heterocycles. The molecular weight excluding hydrogens is 126 g/mol. The van der Waals surface area contributed by atoms with Gasteiger partial charge >= 0.3 is 0 Å². The predicted molar refractivity (Wildman–Crippen MR) is 39.8 cm³/mol. The zero-order chi connectivity index (χ0) is 6.97. The highest BCUT2D eigenvalue weighted by Gasteiger charge is 2.35. The maximum absolute atomic E-state index is 8.86. The van der Waals surface area contributed by atoms with Crippen LogP contribution >= 0.6 is 0 Å². The quantitative estimate of drug-likeness (QED) is 0.557. The van der Waals surface area contributed by atoms with E-state index in [-0.39, 0.29) is 0 Å². The molecule has 10 heavy (non-hydrogen) atoms. The monoisotopic (exact) mass is 141 g/mol. The smallest absolute Gasteiger partial charge is 0.0584 e. The third-order valence-electron chi connectivity index (χ3n) is 2.92. The summed E-state index contributed by atoms with van der Waals surface area (Å²) in [5, 5.41) is 12.3. The number of hydrogen-bond donors (Lipinski definition) is 2. The van der Waals surface area contributed by atoms with Gasteiger partial charge in [0.15, 0.2) is 0 Å². The molecule has 0 unspecified atom stereocenters. The first-order valence-corrected chi connectivity index (χ1v) is 4.27. The third-order valence-corrected chi connectivity index (χ3v) is 2.92. The second-order valence-corrected chi connectivity index (χ2v) is 3.58. The van der Waals surface area contributed by atoms with Crippen molar-refractivity contribution >= 4 is 0 Å². The fraction of sp³-hybridized carbons (Fsp3) is 1.00. The van der Waals surface area contributed by atoms with E-state index in [1.54, 1.807) is 0 Å². The van der Waals surface area contributed by atoms with Crippen LogP contribution in [0.4, 0.5) is 0 Å². The van der Waals surface area contributed by atoms with Crippen LogP contribution in [0, 0.1) is 5.92 Å². The minimum absolute atomic E-state index is 0.326. The molecule has 3 atom stereocenters. The van der Waals surface area contributed by atoms with E-state index in [2.05, 4.69) is 5.32 Å². The molecule has 2 nitrogen and oxygen atoms in total. The molecule has 1 heterocycles. The van der Waals surface area contributed by atoms with Crippen molar-refractivity contribution in [2.75, 3.05) is 6.61 Å². The molecule has 1 saturated heterocycles. The van der Waals surface area contributed by atoms with Crippen molar-refractivity contribution in [1.82, 2.24) is 5.32 Å². The van der Waals surface area contributed by atoms with Gasteiger partial charge in [-0.25, -0.2) is 0 Å². The highest BCUT2D eigenvalue weighted by Crippen LogP contribution is 2.34. The average Bonchev–Trinajstić information content (AvgIpc) is 2.42. The van der Waals surface area contributed by atoms with Gasteiger partial charge in [0.1, 0.15) is 0 Å². The highest BCUT2D eigenvalue weighted by molar-refractivity contribution is 4.93. The number of aliphatic hydroxyl groups excluding tert-OH is 1. The molecule has 0 amide bonds. The van der Waals surface area contributed by atoms with Gasteiger partial charge in [0, 0.05) is 12.1 Å². The molecule has 2 aliphatic rings. The Hall–Kier alpha value is -0.0800. The van der Waals surface area contributed by atoms with Gasteiger partial charge in [-0.3, -0.25) is 0 Å². The van der Waals surface area contributed by atoms with Crippen molar-refractivity contribution in [3.63, 3.8) is 0 Å². The molecule has 1 aliphatic heterocycles.